The first-order valence-electron chi connectivity index (χ1n) is 5.99. The molecular weight excluding hydrogens is 172 g/mol. The Balaban J connectivity index is 0.000000241. The molecule has 1 heterocycles. The Kier molecular flexibility index (Phi) is 8.20. The number of rotatable bonds is 2. The topological polar surface area (TPSA) is 24.1 Å². The average molecular weight is 200 g/mol. The van der Waals surface area contributed by atoms with Gasteiger partial charge in [0.1, 0.15) is 0 Å². The molecule has 1 aliphatic heterocycles. The fourth-order valence-electron chi connectivity index (χ4n) is 1.63. The van der Waals surface area contributed by atoms with Crippen molar-refractivity contribution in [2.75, 3.05) is 13.1 Å². The maximum Gasteiger partial charge on any atom is 0.00127 e. The molecule has 0 bridgehead atoms. The van der Waals surface area contributed by atoms with Crippen molar-refractivity contribution < 1.29 is 0 Å². The summed E-state index contributed by atoms with van der Waals surface area (Å²) >= 11 is 0. The Bertz CT molecular complexity index is 109. The van der Waals surface area contributed by atoms with Crippen LogP contribution in [-0.4, -0.2) is 25.2 Å². The molecule has 0 amide bonds. The van der Waals surface area contributed by atoms with Crippen LogP contribution in [0, 0.1) is 5.92 Å². The van der Waals surface area contributed by atoms with Crippen LogP contribution in [0.25, 0.3) is 0 Å². The minimum atomic E-state index is 0.625. The lowest BCUT2D eigenvalue weighted by Gasteiger charge is -2.17. The van der Waals surface area contributed by atoms with Crippen molar-refractivity contribution in [2.45, 2.75) is 59.5 Å². The molecule has 2 heteroatoms. The van der Waals surface area contributed by atoms with Crippen molar-refractivity contribution in [3.63, 3.8) is 0 Å². The monoisotopic (exact) mass is 200 g/mol. The van der Waals surface area contributed by atoms with E-state index in [0.29, 0.717) is 12.1 Å². The van der Waals surface area contributed by atoms with Crippen molar-refractivity contribution in [1.29, 1.82) is 0 Å². The molecule has 1 aliphatic rings. The molecule has 0 aliphatic carbocycles. The third-order valence-corrected chi connectivity index (χ3v) is 2.29. The summed E-state index contributed by atoms with van der Waals surface area (Å²) in [6.45, 7) is 13.4. The molecule has 1 rings (SSSR count). The Labute approximate surface area is 89.9 Å². The normalized spacial score (nSPS) is 18.2. The minimum absolute atomic E-state index is 0.625. The van der Waals surface area contributed by atoms with E-state index < -0.39 is 0 Å². The van der Waals surface area contributed by atoms with Gasteiger partial charge in [0.05, 0.1) is 0 Å². The van der Waals surface area contributed by atoms with Gasteiger partial charge in [0.25, 0.3) is 0 Å². The van der Waals surface area contributed by atoms with Crippen molar-refractivity contribution in [3.05, 3.63) is 0 Å². The molecule has 0 aromatic heterocycles. The van der Waals surface area contributed by atoms with Crippen LogP contribution in [0.5, 0.6) is 0 Å². The van der Waals surface area contributed by atoms with Gasteiger partial charge in [-0.25, -0.2) is 0 Å². The van der Waals surface area contributed by atoms with Crippen LogP contribution in [0.2, 0.25) is 0 Å². The molecule has 0 atom stereocenters. The summed E-state index contributed by atoms with van der Waals surface area (Å²) in [6.07, 6.45) is 2.75. The molecule has 86 valence electrons. The molecule has 1 saturated heterocycles. The second-order valence-electron chi connectivity index (χ2n) is 4.91. The van der Waals surface area contributed by atoms with Crippen LogP contribution in [0.15, 0.2) is 0 Å². The van der Waals surface area contributed by atoms with Crippen LogP contribution >= 0.6 is 0 Å². The largest absolute Gasteiger partial charge is 0.317 e. The molecule has 2 nitrogen and oxygen atoms in total. The van der Waals surface area contributed by atoms with Crippen molar-refractivity contribution in [2.24, 2.45) is 5.92 Å². The van der Waals surface area contributed by atoms with E-state index in [1.165, 1.54) is 25.9 Å². The molecule has 0 saturated carbocycles. The Morgan fingerprint density at radius 2 is 1.43 bits per heavy atom. The second kappa shape index (κ2) is 8.25. The predicted molar refractivity (Wildman–Crippen MR) is 64.7 cm³/mol. The van der Waals surface area contributed by atoms with E-state index in [1.807, 2.05) is 0 Å². The van der Waals surface area contributed by atoms with Crippen LogP contribution in [0.1, 0.15) is 47.5 Å². The van der Waals surface area contributed by atoms with E-state index in [0.717, 1.165) is 5.92 Å². The van der Waals surface area contributed by atoms with Crippen molar-refractivity contribution in [1.82, 2.24) is 10.6 Å². The van der Waals surface area contributed by atoms with Crippen molar-refractivity contribution in [3.8, 4) is 0 Å². The van der Waals surface area contributed by atoms with Crippen molar-refractivity contribution >= 4 is 0 Å². The summed E-state index contributed by atoms with van der Waals surface area (Å²) in [7, 11) is 0. The fraction of sp³-hybridized carbons (Fsp3) is 1.00. The van der Waals surface area contributed by atoms with Gasteiger partial charge in [0.15, 0.2) is 0 Å². The number of hydrogen-bond acceptors (Lipinski definition) is 2. The van der Waals surface area contributed by atoms with E-state index in [9.17, 15) is 0 Å². The van der Waals surface area contributed by atoms with Crippen LogP contribution in [0.3, 0.4) is 0 Å². The third-order valence-electron chi connectivity index (χ3n) is 2.29. The van der Waals surface area contributed by atoms with Gasteiger partial charge in [-0.2, -0.15) is 0 Å². The maximum atomic E-state index is 3.32. The van der Waals surface area contributed by atoms with Gasteiger partial charge in [-0.05, 0) is 31.8 Å². The third kappa shape index (κ3) is 10.0. The zero-order valence-corrected chi connectivity index (χ0v) is 10.6. The van der Waals surface area contributed by atoms with E-state index in [2.05, 4.69) is 45.3 Å². The van der Waals surface area contributed by atoms with Gasteiger partial charge in [-0.1, -0.05) is 34.6 Å². The summed E-state index contributed by atoms with van der Waals surface area (Å²) in [4.78, 5) is 0. The van der Waals surface area contributed by atoms with Crippen LogP contribution in [0.4, 0.5) is 0 Å². The highest BCUT2D eigenvalue weighted by Crippen LogP contribution is 2.08. The lowest BCUT2D eigenvalue weighted by molar-refractivity contribution is 0.402. The molecule has 0 aromatic rings. The van der Waals surface area contributed by atoms with E-state index in [4.69, 9.17) is 0 Å². The Morgan fingerprint density at radius 1 is 1.00 bits per heavy atom. The lowest BCUT2D eigenvalue weighted by Crippen LogP contribution is -2.29. The number of nitrogens with one attached hydrogen (secondary N) is 2. The lowest BCUT2D eigenvalue weighted by atomic mass is 10.0. The molecule has 1 fully saturated rings. The molecule has 0 spiro atoms. The van der Waals surface area contributed by atoms with Gasteiger partial charge in [0.2, 0.25) is 0 Å². The molecule has 14 heavy (non-hydrogen) atoms. The summed E-state index contributed by atoms with van der Waals surface area (Å²) in [6, 6.07) is 1.25. The van der Waals surface area contributed by atoms with E-state index >= 15 is 0 Å². The summed E-state index contributed by atoms with van der Waals surface area (Å²) in [5.41, 5.74) is 0. The average Bonchev–Trinajstić information content (AvgIpc) is 2.03. The van der Waals surface area contributed by atoms with Gasteiger partial charge in [0, 0.05) is 12.1 Å². The Morgan fingerprint density at radius 3 is 1.57 bits per heavy atom. The minimum Gasteiger partial charge on any atom is -0.317 e. The highest BCUT2D eigenvalue weighted by molar-refractivity contribution is 4.62. The first-order chi connectivity index (χ1) is 6.52. The summed E-state index contributed by atoms with van der Waals surface area (Å²) in [5, 5.41) is 6.62. The standard InChI is InChI=1S/C6H13N.C6H15N/c1-6-2-4-7-5-3-6;1-5(2)7-6(3)4/h6-7H,2-5H2,1H3;5-7H,1-4H3. The molecular formula is C12H28N2. The van der Waals surface area contributed by atoms with Gasteiger partial charge >= 0.3 is 0 Å². The van der Waals surface area contributed by atoms with Gasteiger partial charge < -0.3 is 10.6 Å². The van der Waals surface area contributed by atoms with E-state index in [-0.39, 0.29) is 0 Å². The van der Waals surface area contributed by atoms with Gasteiger partial charge in [-0.15, -0.1) is 0 Å². The fourth-order valence-corrected chi connectivity index (χ4v) is 1.63. The highest BCUT2D eigenvalue weighted by Gasteiger charge is 2.05. The first kappa shape index (κ1) is 13.9. The summed E-state index contributed by atoms with van der Waals surface area (Å²) in [5.74, 6) is 0.973. The van der Waals surface area contributed by atoms with E-state index in [1.54, 1.807) is 0 Å². The zero-order valence-electron chi connectivity index (χ0n) is 10.6. The van der Waals surface area contributed by atoms with Crippen LogP contribution < -0.4 is 10.6 Å². The van der Waals surface area contributed by atoms with Crippen LogP contribution in [-0.2, 0) is 0 Å². The van der Waals surface area contributed by atoms with Gasteiger partial charge in [-0.3, -0.25) is 0 Å². The molecule has 0 aromatic carbocycles. The quantitative estimate of drug-likeness (QED) is 0.715. The Hall–Kier alpha value is -0.0800. The first-order valence-corrected chi connectivity index (χ1v) is 5.99. The second-order valence-corrected chi connectivity index (χ2v) is 4.91. The number of piperidine rings is 1. The maximum absolute atomic E-state index is 3.32. The SMILES string of the molecule is CC(C)NC(C)C.CC1CCNCC1. The summed E-state index contributed by atoms with van der Waals surface area (Å²) < 4.78 is 0. The molecule has 0 unspecified atom stereocenters. The zero-order chi connectivity index (χ0) is 11.0. The molecule has 0 radical (unpaired) electrons. The highest BCUT2D eigenvalue weighted by atomic mass is 14.9. The molecule has 2 N–H and O–H groups in total. The number of hydrogen-bond donors (Lipinski definition) is 2. The smallest absolute Gasteiger partial charge is 0.00127 e. The predicted octanol–water partition coefficient (Wildman–Crippen LogP) is 2.40.